The van der Waals surface area contributed by atoms with Gasteiger partial charge in [0.1, 0.15) is 0 Å². The van der Waals surface area contributed by atoms with Crippen LogP contribution in [0.2, 0.25) is 5.02 Å². The third-order valence-electron chi connectivity index (χ3n) is 4.35. The second-order valence-corrected chi connectivity index (χ2v) is 5.99. The Morgan fingerprint density at radius 1 is 1.17 bits per heavy atom. The van der Waals surface area contributed by atoms with Crippen molar-refractivity contribution in [2.45, 2.75) is 25.7 Å². The molecule has 1 amide bonds. The summed E-state index contributed by atoms with van der Waals surface area (Å²) in [6.45, 7) is 1.97. The molecule has 1 aromatic carbocycles. The number of hydrogen-bond acceptors (Lipinski definition) is 1. The minimum absolute atomic E-state index is 0.270. The van der Waals surface area contributed by atoms with Crippen LogP contribution in [0.5, 0.6) is 0 Å². The number of likely N-dealkylation sites (tertiary alicyclic amines) is 1. The van der Waals surface area contributed by atoms with Gasteiger partial charge in [-0.15, -0.1) is 0 Å². The first-order chi connectivity index (χ1) is 8.72. The molecule has 1 saturated heterocycles. The third kappa shape index (κ3) is 2.39. The zero-order chi connectivity index (χ0) is 12.5. The molecule has 0 radical (unpaired) electrons. The Hall–Kier alpha value is -1.02. The van der Waals surface area contributed by atoms with Crippen molar-refractivity contribution in [2.24, 2.45) is 11.8 Å². The largest absolute Gasteiger partial charge is 0.342 e. The average Bonchev–Trinajstić information content (AvgIpc) is 2.92. The van der Waals surface area contributed by atoms with Crippen LogP contribution in [0.3, 0.4) is 0 Å². The van der Waals surface area contributed by atoms with Crippen LogP contribution in [0, 0.1) is 11.8 Å². The molecular formula is C15H18ClNO. The van der Waals surface area contributed by atoms with Gasteiger partial charge in [0.25, 0.3) is 0 Å². The van der Waals surface area contributed by atoms with Gasteiger partial charge in [0, 0.05) is 18.1 Å². The molecule has 2 unspecified atom stereocenters. The third-order valence-corrected chi connectivity index (χ3v) is 4.60. The van der Waals surface area contributed by atoms with E-state index >= 15 is 0 Å². The van der Waals surface area contributed by atoms with Crippen molar-refractivity contribution in [3.05, 3.63) is 34.9 Å². The molecule has 2 aliphatic rings. The van der Waals surface area contributed by atoms with Crippen molar-refractivity contribution in [1.82, 2.24) is 4.90 Å². The molecular weight excluding hydrogens is 246 g/mol. The molecule has 0 spiro atoms. The number of amides is 1. The van der Waals surface area contributed by atoms with Gasteiger partial charge in [0.15, 0.2) is 0 Å². The topological polar surface area (TPSA) is 20.3 Å². The normalized spacial score (nSPS) is 26.4. The Bertz CT molecular complexity index is 430. The average molecular weight is 264 g/mol. The highest BCUT2D eigenvalue weighted by molar-refractivity contribution is 6.30. The van der Waals surface area contributed by atoms with Gasteiger partial charge < -0.3 is 4.90 Å². The number of rotatable bonds is 2. The lowest BCUT2D eigenvalue weighted by Crippen LogP contribution is -2.30. The highest BCUT2D eigenvalue weighted by Crippen LogP contribution is 2.37. The highest BCUT2D eigenvalue weighted by Gasteiger charge is 2.37. The van der Waals surface area contributed by atoms with E-state index in [4.69, 9.17) is 11.6 Å². The van der Waals surface area contributed by atoms with E-state index in [2.05, 4.69) is 4.90 Å². The lowest BCUT2D eigenvalue weighted by atomic mass is 10.0. The number of carbonyl (C=O) groups excluding carboxylic acids is 1. The van der Waals surface area contributed by atoms with Crippen LogP contribution < -0.4 is 0 Å². The van der Waals surface area contributed by atoms with Gasteiger partial charge in [0.05, 0.1) is 6.42 Å². The quantitative estimate of drug-likeness (QED) is 0.803. The maximum Gasteiger partial charge on any atom is 0.227 e. The van der Waals surface area contributed by atoms with E-state index in [1.165, 1.54) is 19.3 Å². The monoisotopic (exact) mass is 263 g/mol. The second-order valence-electron chi connectivity index (χ2n) is 5.55. The number of carbonyl (C=O) groups is 1. The number of fused-ring (bicyclic) bond motifs is 1. The summed E-state index contributed by atoms with van der Waals surface area (Å²) in [7, 11) is 0. The Kier molecular flexibility index (Phi) is 3.29. The van der Waals surface area contributed by atoms with Crippen molar-refractivity contribution < 1.29 is 4.79 Å². The van der Waals surface area contributed by atoms with E-state index in [-0.39, 0.29) is 5.91 Å². The van der Waals surface area contributed by atoms with Gasteiger partial charge in [-0.3, -0.25) is 4.79 Å². The molecule has 96 valence electrons. The fourth-order valence-corrected chi connectivity index (χ4v) is 3.45. The van der Waals surface area contributed by atoms with Crippen molar-refractivity contribution in [3.63, 3.8) is 0 Å². The standard InChI is InChI=1S/C15H18ClNO/c16-14-6-4-11(5-7-14)8-15(18)17-9-12-2-1-3-13(12)10-17/h4-7,12-13H,1-3,8-10H2. The molecule has 2 nitrogen and oxygen atoms in total. The van der Waals surface area contributed by atoms with Gasteiger partial charge >= 0.3 is 0 Å². The number of hydrogen-bond donors (Lipinski definition) is 0. The van der Waals surface area contributed by atoms with E-state index < -0.39 is 0 Å². The fourth-order valence-electron chi connectivity index (χ4n) is 3.33. The summed E-state index contributed by atoms with van der Waals surface area (Å²) in [5.41, 5.74) is 1.06. The molecule has 0 aromatic heterocycles. The Morgan fingerprint density at radius 3 is 2.39 bits per heavy atom. The van der Waals surface area contributed by atoms with Crippen LogP contribution in [0.4, 0.5) is 0 Å². The lowest BCUT2D eigenvalue weighted by Gasteiger charge is -2.17. The van der Waals surface area contributed by atoms with Crippen LogP contribution in [-0.2, 0) is 11.2 Å². The molecule has 3 rings (SSSR count). The van der Waals surface area contributed by atoms with Crippen LogP contribution >= 0.6 is 11.6 Å². The summed E-state index contributed by atoms with van der Waals surface area (Å²) in [5.74, 6) is 1.82. The summed E-state index contributed by atoms with van der Waals surface area (Å²) < 4.78 is 0. The van der Waals surface area contributed by atoms with Crippen molar-refractivity contribution >= 4 is 17.5 Å². The number of benzene rings is 1. The molecule has 0 N–H and O–H groups in total. The van der Waals surface area contributed by atoms with Crippen LogP contribution in [-0.4, -0.2) is 23.9 Å². The Morgan fingerprint density at radius 2 is 1.78 bits per heavy atom. The maximum absolute atomic E-state index is 12.2. The first-order valence-corrected chi connectivity index (χ1v) is 7.12. The minimum atomic E-state index is 0.270. The number of halogens is 1. The van der Waals surface area contributed by atoms with Crippen molar-refractivity contribution in [1.29, 1.82) is 0 Å². The molecule has 1 saturated carbocycles. The van der Waals surface area contributed by atoms with E-state index in [0.29, 0.717) is 6.42 Å². The summed E-state index contributed by atoms with van der Waals surface area (Å²) in [5, 5.41) is 0.724. The molecule has 3 heteroatoms. The second kappa shape index (κ2) is 4.93. The first-order valence-electron chi connectivity index (χ1n) is 6.74. The summed E-state index contributed by atoms with van der Waals surface area (Å²) in [6, 6.07) is 7.58. The molecule has 18 heavy (non-hydrogen) atoms. The van der Waals surface area contributed by atoms with Gasteiger partial charge in [-0.05, 0) is 42.4 Å². The fraction of sp³-hybridized carbons (Fsp3) is 0.533. The maximum atomic E-state index is 12.2. The lowest BCUT2D eigenvalue weighted by molar-refractivity contribution is -0.129. The van der Waals surface area contributed by atoms with E-state index in [0.717, 1.165) is 35.5 Å². The van der Waals surface area contributed by atoms with E-state index in [9.17, 15) is 4.79 Å². The SMILES string of the molecule is O=C(Cc1ccc(Cl)cc1)N1CC2CCCC2C1. The van der Waals surface area contributed by atoms with E-state index in [1.807, 2.05) is 24.3 Å². The smallest absolute Gasteiger partial charge is 0.227 e. The van der Waals surface area contributed by atoms with Crippen LogP contribution in [0.15, 0.2) is 24.3 Å². The Balaban J connectivity index is 1.60. The van der Waals surface area contributed by atoms with Crippen LogP contribution in [0.25, 0.3) is 0 Å². The predicted octanol–water partition coefficient (Wildman–Crippen LogP) is 3.14. The molecule has 1 aromatic rings. The zero-order valence-electron chi connectivity index (χ0n) is 10.4. The van der Waals surface area contributed by atoms with Gasteiger partial charge in [-0.1, -0.05) is 30.2 Å². The van der Waals surface area contributed by atoms with Crippen molar-refractivity contribution in [2.75, 3.05) is 13.1 Å². The summed E-state index contributed by atoms with van der Waals surface area (Å²) >= 11 is 5.84. The van der Waals surface area contributed by atoms with Crippen molar-refractivity contribution in [3.8, 4) is 0 Å². The molecule has 1 heterocycles. The molecule has 2 fully saturated rings. The molecule has 1 aliphatic heterocycles. The molecule has 1 aliphatic carbocycles. The molecule has 2 atom stereocenters. The number of nitrogens with zero attached hydrogens (tertiary/aromatic N) is 1. The Labute approximate surface area is 113 Å². The zero-order valence-corrected chi connectivity index (χ0v) is 11.2. The van der Waals surface area contributed by atoms with Gasteiger partial charge in [0.2, 0.25) is 5.91 Å². The summed E-state index contributed by atoms with van der Waals surface area (Å²) in [4.78, 5) is 14.3. The predicted molar refractivity (Wildman–Crippen MR) is 72.6 cm³/mol. The highest BCUT2D eigenvalue weighted by atomic mass is 35.5. The van der Waals surface area contributed by atoms with Gasteiger partial charge in [-0.2, -0.15) is 0 Å². The summed E-state index contributed by atoms with van der Waals surface area (Å²) in [6.07, 6.45) is 4.50. The van der Waals surface area contributed by atoms with E-state index in [1.54, 1.807) is 0 Å². The minimum Gasteiger partial charge on any atom is -0.342 e. The molecule has 0 bridgehead atoms. The van der Waals surface area contributed by atoms with Crippen LogP contribution in [0.1, 0.15) is 24.8 Å². The van der Waals surface area contributed by atoms with Gasteiger partial charge in [-0.25, -0.2) is 0 Å². The first kappa shape index (κ1) is 12.0.